The van der Waals surface area contributed by atoms with Crippen molar-refractivity contribution in [1.82, 2.24) is 0 Å². The van der Waals surface area contributed by atoms with Crippen LogP contribution in [0.1, 0.15) is 27.6 Å². The summed E-state index contributed by atoms with van der Waals surface area (Å²) >= 11 is 0. The smallest absolute Gasteiger partial charge is 0.339 e. The third-order valence-corrected chi connectivity index (χ3v) is 4.19. The zero-order chi connectivity index (χ0) is 19.9. The summed E-state index contributed by atoms with van der Waals surface area (Å²) in [4.78, 5) is 25.5. The highest BCUT2D eigenvalue weighted by Gasteiger charge is 2.26. The monoisotopic (exact) mass is 375 g/mol. The molecule has 1 N–H and O–H groups in total. The first kappa shape index (κ1) is 19.2. The molecule has 28 heavy (non-hydrogen) atoms. The van der Waals surface area contributed by atoms with Gasteiger partial charge in [0, 0.05) is 17.3 Å². The molecule has 0 saturated carbocycles. The SMILES string of the molecule is COc1cccc(NC(=O)[C@H](OC(=O)c2ccc(C)cc2)c2ccccc2)c1. The third kappa shape index (κ3) is 4.76. The fourth-order valence-electron chi connectivity index (χ4n) is 2.67. The minimum absolute atomic E-state index is 0.390. The summed E-state index contributed by atoms with van der Waals surface area (Å²) in [5, 5.41) is 2.78. The molecule has 0 aliphatic heterocycles. The molecule has 3 aromatic carbocycles. The maximum Gasteiger partial charge on any atom is 0.339 e. The second kappa shape index (κ2) is 8.86. The summed E-state index contributed by atoms with van der Waals surface area (Å²) in [6, 6.07) is 22.9. The average Bonchev–Trinajstić information content (AvgIpc) is 2.73. The lowest BCUT2D eigenvalue weighted by atomic mass is 10.1. The molecule has 1 atom stereocenters. The Bertz CT molecular complexity index is 952. The second-order valence-corrected chi connectivity index (χ2v) is 6.28. The second-order valence-electron chi connectivity index (χ2n) is 6.28. The number of hydrogen-bond donors (Lipinski definition) is 1. The van der Waals surface area contributed by atoms with Gasteiger partial charge in [-0.2, -0.15) is 0 Å². The van der Waals surface area contributed by atoms with E-state index in [2.05, 4.69) is 5.32 Å². The van der Waals surface area contributed by atoms with Crippen LogP contribution in [0.2, 0.25) is 0 Å². The standard InChI is InChI=1S/C23H21NO4/c1-16-11-13-18(14-12-16)23(26)28-21(17-7-4-3-5-8-17)22(25)24-19-9-6-10-20(15-19)27-2/h3-15,21H,1-2H3,(H,24,25)/t21-/m1/s1. The summed E-state index contributed by atoms with van der Waals surface area (Å²) < 4.78 is 10.7. The molecular weight excluding hydrogens is 354 g/mol. The minimum atomic E-state index is -1.08. The molecule has 3 rings (SSSR count). The molecule has 0 radical (unpaired) electrons. The van der Waals surface area contributed by atoms with Crippen molar-refractivity contribution in [3.8, 4) is 5.75 Å². The van der Waals surface area contributed by atoms with E-state index >= 15 is 0 Å². The molecule has 0 bridgehead atoms. The number of nitrogens with one attached hydrogen (secondary N) is 1. The highest BCUT2D eigenvalue weighted by Crippen LogP contribution is 2.23. The van der Waals surface area contributed by atoms with Gasteiger partial charge >= 0.3 is 5.97 Å². The molecule has 5 heteroatoms. The maximum atomic E-state index is 12.9. The lowest BCUT2D eigenvalue weighted by Gasteiger charge is -2.18. The predicted octanol–water partition coefficient (Wildman–Crippen LogP) is 4.54. The van der Waals surface area contributed by atoms with E-state index in [0.29, 0.717) is 22.6 Å². The molecule has 1 amide bonds. The van der Waals surface area contributed by atoms with Crippen molar-refractivity contribution in [2.45, 2.75) is 13.0 Å². The van der Waals surface area contributed by atoms with Crippen molar-refractivity contribution in [2.24, 2.45) is 0 Å². The Kier molecular flexibility index (Phi) is 6.07. The maximum absolute atomic E-state index is 12.9. The largest absolute Gasteiger partial charge is 0.497 e. The molecule has 0 heterocycles. The van der Waals surface area contributed by atoms with Crippen molar-refractivity contribution >= 4 is 17.6 Å². The van der Waals surface area contributed by atoms with Gasteiger partial charge in [-0.05, 0) is 31.2 Å². The zero-order valence-electron chi connectivity index (χ0n) is 15.7. The molecule has 5 nitrogen and oxygen atoms in total. The van der Waals surface area contributed by atoms with Gasteiger partial charge in [-0.15, -0.1) is 0 Å². The number of benzene rings is 3. The van der Waals surface area contributed by atoms with Crippen LogP contribution < -0.4 is 10.1 Å². The van der Waals surface area contributed by atoms with Gasteiger partial charge in [-0.1, -0.05) is 54.1 Å². The van der Waals surface area contributed by atoms with Crippen LogP contribution >= 0.6 is 0 Å². The highest BCUT2D eigenvalue weighted by molar-refractivity contribution is 5.98. The summed E-state index contributed by atoms with van der Waals surface area (Å²) in [5.41, 5.74) is 2.56. The van der Waals surface area contributed by atoms with Crippen LogP contribution in [0, 0.1) is 6.92 Å². The summed E-state index contributed by atoms with van der Waals surface area (Å²) in [5.74, 6) is -0.389. The number of carbonyl (C=O) groups is 2. The Morgan fingerprint density at radius 2 is 1.61 bits per heavy atom. The van der Waals surface area contributed by atoms with Crippen LogP contribution in [0.25, 0.3) is 0 Å². The molecular formula is C23H21NO4. The van der Waals surface area contributed by atoms with E-state index in [-0.39, 0.29) is 0 Å². The average molecular weight is 375 g/mol. The van der Waals surface area contributed by atoms with Gasteiger partial charge in [0.2, 0.25) is 6.10 Å². The number of esters is 1. The Morgan fingerprint density at radius 3 is 2.29 bits per heavy atom. The fraction of sp³-hybridized carbons (Fsp3) is 0.130. The third-order valence-electron chi connectivity index (χ3n) is 4.19. The Morgan fingerprint density at radius 1 is 0.893 bits per heavy atom. The first-order valence-electron chi connectivity index (χ1n) is 8.84. The van der Waals surface area contributed by atoms with E-state index in [1.165, 1.54) is 0 Å². The minimum Gasteiger partial charge on any atom is -0.497 e. The van der Waals surface area contributed by atoms with Crippen molar-refractivity contribution in [2.75, 3.05) is 12.4 Å². The topological polar surface area (TPSA) is 64.6 Å². The van der Waals surface area contributed by atoms with Gasteiger partial charge < -0.3 is 14.8 Å². The molecule has 0 aromatic heterocycles. The van der Waals surface area contributed by atoms with Gasteiger partial charge in [0.05, 0.1) is 12.7 Å². The predicted molar refractivity (Wildman–Crippen MR) is 107 cm³/mol. The van der Waals surface area contributed by atoms with Crippen molar-refractivity contribution in [3.63, 3.8) is 0 Å². The summed E-state index contributed by atoms with van der Waals surface area (Å²) in [7, 11) is 1.55. The number of ether oxygens (including phenoxy) is 2. The molecule has 0 aliphatic rings. The number of aryl methyl sites for hydroxylation is 1. The van der Waals surface area contributed by atoms with Crippen LogP contribution in [0.15, 0.2) is 78.9 Å². The van der Waals surface area contributed by atoms with E-state index in [1.54, 1.807) is 67.8 Å². The van der Waals surface area contributed by atoms with Crippen molar-refractivity contribution in [1.29, 1.82) is 0 Å². The Balaban J connectivity index is 1.83. The van der Waals surface area contributed by atoms with Crippen LogP contribution in [0.5, 0.6) is 5.75 Å². The first-order chi connectivity index (χ1) is 13.6. The van der Waals surface area contributed by atoms with E-state index in [0.717, 1.165) is 5.56 Å². The van der Waals surface area contributed by atoms with Gasteiger partial charge in [0.25, 0.3) is 5.91 Å². The normalized spacial score (nSPS) is 11.4. The fourth-order valence-corrected chi connectivity index (χ4v) is 2.67. The molecule has 0 unspecified atom stereocenters. The van der Waals surface area contributed by atoms with Gasteiger partial charge in [0.1, 0.15) is 5.75 Å². The number of hydrogen-bond acceptors (Lipinski definition) is 4. The van der Waals surface area contributed by atoms with Gasteiger partial charge in [0.15, 0.2) is 0 Å². The van der Waals surface area contributed by atoms with E-state index < -0.39 is 18.0 Å². The number of rotatable bonds is 6. The van der Waals surface area contributed by atoms with E-state index in [4.69, 9.17) is 9.47 Å². The van der Waals surface area contributed by atoms with Gasteiger partial charge in [-0.25, -0.2) is 4.79 Å². The molecule has 0 saturated heterocycles. The number of anilines is 1. The summed E-state index contributed by atoms with van der Waals surface area (Å²) in [6.07, 6.45) is -1.08. The lowest BCUT2D eigenvalue weighted by Crippen LogP contribution is -2.26. The Hall–Kier alpha value is -3.60. The molecule has 142 valence electrons. The molecule has 0 fully saturated rings. The van der Waals surface area contributed by atoms with Crippen LogP contribution in [-0.2, 0) is 9.53 Å². The van der Waals surface area contributed by atoms with Crippen LogP contribution in [0.3, 0.4) is 0 Å². The highest BCUT2D eigenvalue weighted by atomic mass is 16.5. The lowest BCUT2D eigenvalue weighted by molar-refractivity contribution is -0.125. The van der Waals surface area contributed by atoms with E-state index in [1.807, 2.05) is 25.1 Å². The summed E-state index contributed by atoms with van der Waals surface area (Å²) in [6.45, 7) is 1.93. The quantitative estimate of drug-likeness (QED) is 0.643. The number of carbonyl (C=O) groups excluding carboxylic acids is 2. The number of amides is 1. The van der Waals surface area contributed by atoms with E-state index in [9.17, 15) is 9.59 Å². The zero-order valence-corrected chi connectivity index (χ0v) is 15.7. The number of methoxy groups -OCH3 is 1. The first-order valence-corrected chi connectivity index (χ1v) is 8.84. The van der Waals surface area contributed by atoms with Crippen LogP contribution in [0.4, 0.5) is 5.69 Å². The van der Waals surface area contributed by atoms with Gasteiger partial charge in [-0.3, -0.25) is 4.79 Å². The van der Waals surface area contributed by atoms with Crippen molar-refractivity contribution in [3.05, 3.63) is 95.6 Å². The Labute approximate surface area is 163 Å². The molecule has 0 spiro atoms. The van der Waals surface area contributed by atoms with Crippen molar-refractivity contribution < 1.29 is 19.1 Å². The van der Waals surface area contributed by atoms with Crippen LogP contribution in [-0.4, -0.2) is 19.0 Å². The molecule has 0 aliphatic carbocycles. The molecule has 3 aromatic rings.